The van der Waals surface area contributed by atoms with E-state index in [9.17, 15) is 0 Å². The number of nitrogens with one attached hydrogen (secondary N) is 1. The Labute approximate surface area is 121 Å². The molecule has 0 unspecified atom stereocenters. The molecular formula is C15H14BrN3. The minimum Gasteiger partial charge on any atom is -0.340 e. The van der Waals surface area contributed by atoms with Gasteiger partial charge in [-0.25, -0.2) is 4.98 Å². The Morgan fingerprint density at radius 2 is 1.74 bits per heavy atom. The maximum absolute atomic E-state index is 8.97. The summed E-state index contributed by atoms with van der Waals surface area (Å²) in [6, 6.07) is 9.75. The third-order valence-electron chi connectivity index (χ3n) is 2.79. The van der Waals surface area contributed by atoms with E-state index in [-0.39, 0.29) is 0 Å². The van der Waals surface area contributed by atoms with E-state index in [4.69, 9.17) is 5.26 Å². The van der Waals surface area contributed by atoms with Crippen LogP contribution < -0.4 is 5.32 Å². The van der Waals surface area contributed by atoms with Gasteiger partial charge in [0.05, 0.1) is 11.6 Å². The minimum atomic E-state index is 0.612. The fourth-order valence-corrected chi connectivity index (χ4v) is 2.19. The number of pyridine rings is 1. The van der Waals surface area contributed by atoms with Crippen molar-refractivity contribution in [3.8, 4) is 6.07 Å². The summed E-state index contributed by atoms with van der Waals surface area (Å²) in [5.41, 5.74) is 4.74. The van der Waals surface area contributed by atoms with Crippen LogP contribution in [0.2, 0.25) is 0 Å². The summed E-state index contributed by atoms with van der Waals surface area (Å²) in [6.45, 7) is 5.98. The molecule has 0 aliphatic heterocycles. The molecule has 0 aliphatic rings. The van der Waals surface area contributed by atoms with Crippen LogP contribution in [0.1, 0.15) is 22.4 Å². The van der Waals surface area contributed by atoms with Gasteiger partial charge in [-0.1, -0.05) is 15.9 Å². The summed E-state index contributed by atoms with van der Waals surface area (Å²) in [4.78, 5) is 4.38. The van der Waals surface area contributed by atoms with Crippen molar-refractivity contribution >= 4 is 27.4 Å². The number of benzene rings is 1. The first kappa shape index (κ1) is 13.6. The lowest BCUT2D eigenvalue weighted by Crippen LogP contribution is -1.97. The largest absolute Gasteiger partial charge is 0.340 e. The molecule has 96 valence electrons. The molecule has 0 saturated carbocycles. The van der Waals surface area contributed by atoms with E-state index >= 15 is 0 Å². The number of halogens is 1. The van der Waals surface area contributed by atoms with Gasteiger partial charge in [0.1, 0.15) is 5.82 Å². The van der Waals surface area contributed by atoms with Crippen LogP contribution in [-0.4, -0.2) is 4.98 Å². The lowest BCUT2D eigenvalue weighted by atomic mass is 10.1. The Bertz CT molecular complexity index is 649. The summed E-state index contributed by atoms with van der Waals surface area (Å²) >= 11 is 3.55. The van der Waals surface area contributed by atoms with E-state index in [0.29, 0.717) is 11.4 Å². The van der Waals surface area contributed by atoms with E-state index < -0.39 is 0 Å². The third kappa shape index (κ3) is 3.12. The number of nitrogens with zero attached hydrogens (tertiary/aromatic N) is 2. The highest BCUT2D eigenvalue weighted by atomic mass is 79.9. The number of aryl methyl sites for hydroxylation is 3. The lowest BCUT2D eigenvalue weighted by molar-refractivity contribution is 1.19. The van der Waals surface area contributed by atoms with Gasteiger partial charge in [-0.3, -0.25) is 0 Å². The van der Waals surface area contributed by atoms with Crippen LogP contribution >= 0.6 is 15.9 Å². The topological polar surface area (TPSA) is 48.7 Å². The van der Waals surface area contributed by atoms with Crippen LogP contribution in [0, 0.1) is 32.1 Å². The van der Waals surface area contributed by atoms with E-state index in [1.54, 1.807) is 12.1 Å². The zero-order valence-electron chi connectivity index (χ0n) is 11.1. The zero-order valence-corrected chi connectivity index (χ0v) is 12.7. The Kier molecular flexibility index (Phi) is 3.87. The fourth-order valence-electron chi connectivity index (χ4n) is 1.96. The SMILES string of the molecule is Cc1cc(C#N)cc(Nc2cc(C)c(Br)c(C)c2)n1. The van der Waals surface area contributed by atoms with Gasteiger partial charge < -0.3 is 5.32 Å². The van der Waals surface area contributed by atoms with E-state index in [1.807, 2.05) is 32.9 Å². The molecule has 2 rings (SSSR count). The molecule has 19 heavy (non-hydrogen) atoms. The van der Waals surface area contributed by atoms with Gasteiger partial charge in [0, 0.05) is 15.9 Å². The van der Waals surface area contributed by atoms with Gasteiger partial charge in [-0.15, -0.1) is 0 Å². The number of nitriles is 1. The minimum absolute atomic E-state index is 0.612. The van der Waals surface area contributed by atoms with Gasteiger partial charge in [-0.2, -0.15) is 5.26 Å². The monoisotopic (exact) mass is 315 g/mol. The van der Waals surface area contributed by atoms with Crippen LogP contribution in [0.3, 0.4) is 0 Å². The summed E-state index contributed by atoms with van der Waals surface area (Å²) in [5.74, 6) is 0.692. The average molecular weight is 316 g/mol. The number of hydrogen-bond donors (Lipinski definition) is 1. The first-order valence-electron chi connectivity index (χ1n) is 5.92. The maximum atomic E-state index is 8.97. The summed E-state index contributed by atoms with van der Waals surface area (Å²) in [7, 11) is 0. The molecule has 0 aliphatic carbocycles. The highest BCUT2D eigenvalue weighted by Crippen LogP contribution is 2.26. The summed E-state index contributed by atoms with van der Waals surface area (Å²) in [5, 5.41) is 12.2. The quantitative estimate of drug-likeness (QED) is 0.894. The van der Waals surface area contributed by atoms with Gasteiger partial charge in [-0.05, 0) is 56.2 Å². The Balaban J connectivity index is 2.36. The second-order valence-electron chi connectivity index (χ2n) is 4.54. The summed E-state index contributed by atoms with van der Waals surface area (Å²) in [6.07, 6.45) is 0. The molecule has 0 amide bonds. The van der Waals surface area contributed by atoms with Gasteiger partial charge in [0.15, 0.2) is 0 Å². The first-order valence-corrected chi connectivity index (χ1v) is 6.71. The summed E-state index contributed by atoms with van der Waals surface area (Å²) < 4.78 is 1.12. The van der Waals surface area contributed by atoms with Crippen LogP contribution in [0.5, 0.6) is 0 Å². The molecule has 1 heterocycles. The number of rotatable bonds is 2. The second kappa shape index (κ2) is 5.41. The van der Waals surface area contributed by atoms with Crippen molar-refractivity contribution in [3.63, 3.8) is 0 Å². The Morgan fingerprint density at radius 3 is 2.32 bits per heavy atom. The van der Waals surface area contributed by atoms with Crippen molar-refractivity contribution in [2.75, 3.05) is 5.32 Å². The molecule has 1 N–H and O–H groups in total. The number of aromatic nitrogens is 1. The molecule has 1 aromatic carbocycles. The van der Waals surface area contributed by atoms with Gasteiger partial charge >= 0.3 is 0 Å². The fraction of sp³-hybridized carbons (Fsp3) is 0.200. The molecular weight excluding hydrogens is 302 g/mol. The molecule has 2 aromatic rings. The highest BCUT2D eigenvalue weighted by molar-refractivity contribution is 9.10. The second-order valence-corrected chi connectivity index (χ2v) is 5.34. The van der Waals surface area contributed by atoms with Crippen LogP contribution in [0.25, 0.3) is 0 Å². The van der Waals surface area contributed by atoms with Crippen molar-refractivity contribution in [1.82, 2.24) is 4.98 Å². The van der Waals surface area contributed by atoms with Crippen molar-refractivity contribution < 1.29 is 0 Å². The van der Waals surface area contributed by atoms with Crippen molar-refractivity contribution in [3.05, 3.63) is 51.1 Å². The molecule has 0 saturated heterocycles. The Morgan fingerprint density at radius 1 is 1.11 bits per heavy atom. The molecule has 0 radical (unpaired) electrons. The van der Waals surface area contributed by atoms with Crippen molar-refractivity contribution in [2.45, 2.75) is 20.8 Å². The molecule has 0 atom stereocenters. The molecule has 1 aromatic heterocycles. The van der Waals surface area contributed by atoms with Crippen LogP contribution in [-0.2, 0) is 0 Å². The molecule has 4 heteroatoms. The lowest BCUT2D eigenvalue weighted by Gasteiger charge is -2.10. The first-order chi connectivity index (χ1) is 8.99. The molecule has 0 bridgehead atoms. The zero-order chi connectivity index (χ0) is 14.0. The smallest absolute Gasteiger partial charge is 0.131 e. The predicted molar refractivity (Wildman–Crippen MR) is 80.6 cm³/mol. The van der Waals surface area contributed by atoms with Gasteiger partial charge in [0.2, 0.25) is 0 Å². The number of hydrogen-bond acceptors (Lipinski definition) is 3. The normalized spacial score (nSPS) is 10.1. The standard InChI is InChI=1S/C15H14BrN3/c1-9-4-13(5-10(2)15(9)16)19-14-7-12(8-17)6-11(3)18-14/h4-7H,1-3H3,(H,18,19). The number of anilines is 2. The predicted octanol–water partition coefficient (Wildman–Crippen LogP) is 4.38. The van der Waals surface area contributed by atoms with E-state index in [2.05, 4.69) is 32.3 Å². The maximum Gasteiger partial charge on any atom is 0.131 e. The molecule has 0 fully saturated rings. The Hall–Kier alpha value is -1.86. The van der Waals surface area contributed by atoms with Crippen molar-refractivity contribution in [1.29, 1.82) is 5.26 Å². The molecule has 3 nitrogen and oxygen atoms in total. The third-order valence-corrected chi connectivity index (χ3v) is 4.04. The van der Waals surface area contributed by atoms with Crippen LogP contribution in [0.15, 0.2) is 28.7 Å². The van der Waals surface area contributed by atoms with Crippen LogP contribution in [0.4, 0.5) is 11.5 Å². The molecule has 0 spiro atoms. The average Bonchev–Trinajstić information content (AvgIpc) is 2.35. The highest BCUT2D eigenvalue weighted by Gasteiger charge is 2.04. The van der Waals surface area contributed by atoms with E-state index in [0.717, 1.165) is 27.0 Å². The van der Waals surface area contributed by atoms with Gasteiger partial charge in [0.25, 0.3) is 0 Å². The van der Waals surface area contributed by atoms with Crippen molar-refractivity contribution in [2.24, 2.45) is 0 Å². The van der Waals surface area contributed by atoms with E-state index in [1.165, 1.54) is 0 Å².